The summed E-state index contributed by atoms with van der Waals surface area (Å²) in [6, 6.07) is -0.0458. The number of likely N-dealkylation sites (tertiary alicyclic amines) is 1. The lowest BCUT2D eigenvalue weighted by molar-refractivity contribution is -0.132. The van der Waals surface area contributed by atoms with E-state index in [-0.39, 0.29) is 17.5 Å². The van der Waals surface area contributed by atoms with Crippen LogP contribution in [0.15, 0.2) is 0 Å². The highest BCUT2D eigenvalue weighted by Gasteiger charge is 2.36. The molecular formula is C15H29N3O. The molecule has 1 aliphatic carbocycles. The van der Waals surface area contributed by atoms with E-state index in [0.29, 0.717) is 0 Å². The summed E-state index contributed by atoms with van der Waals surface area (Å²) in [7, 11) is 4.33. The lowest BCUT2D eigenvalue weighted by Crippen LogP contribution is -2.54. The van der Waals surface area contributed by atoms with Crippen LogP contribution in [0.3, 0.4) is 0 Å². The van der Waals surface area contributed by atoms with Gasteiger partial charge in [0.25, 0.3) is 0 Å². The maximum atomic E-state index is 12.3. The van der Waals surface area contributed by atoms with E-state index < -0.39 is 0 Å². The predicted molar refractivity (Wildman–Crippen MR) is 78.2 cm³/mol. The van der Waals surface area contributed by atoms with Crippen molar-refractivity contribution in [1.82, 2.24) is 15.1 Å². The van der Waals surface area contributed by atoms with Crippen molar-refractivity contribution >= 4 is 5.91 Å². The Morgan fingerprint density at radius 1 is 1.21 bits per heavy atom. The summed E-state index contributed by atoms with van der Waals surface area (Å²) in [4.78, 5) is 16.6. The highest BCUT2D eigenvalue weighted by molar-refractivity contribution is 5.81. The molecule has 2 aliphatic rings. The molecule has 1 heterocycles. The van der Waals surface area contributed by atoms with E-state index in [9.17, 15) is 4.79 Å². The zero-order chi connectivity index (χ0) is 13.9. The van der Waals surface area contributed by atoms with Crippen LogP contribution < -0.4 is 5.32 Å². The molecule has 110 valence electrons. The van der Waals surface area contributed by atoms with Gasteiger partial charge in [0.15, 0.2) is 0 Å². The zero-order valence-corrected chi connectivity index (χ0v) is 12.7. The summed E-state index contributed by atoms with van der Waals surface area (Å²) in [5.41, 5.74) is 0.263. The van der Waals surface area contributed by atoms with Crippen LogP contribution >= 0.6 is 0 Å². The summed E-state index contributed by atoms with van der Waals surface area (Å²) < 4.78 is 0. The second-order valence-electron chi connectivity index (χ2n) is 6.46. The fourth-order valence-corrected chi connectivity index (χ4v) is 3.46. The third kappa shape index (κ3) is 3.29. The number of rotatable bonds is 5. The third-order valence-electron chi connectivity index (χ3n) is 5.01. The maximum absolute atomic E-state index is 12.3. The Balaban J connectivity index is 1.84. The number of carbonyl (C=O) groups is 1. The summed E-state index contributed by atoms with van der Waals surface area (Å²) in [6.07, 6.45) is 7.46. The van der Waals surface area contributed by atoms with Crippen molar-refractivity contribution < 1.29 is 4.79 Å². The molecule has 0 aromatic rings. The molecule has 0 aromatic carbocycles. The predicted octanol–water partition coefficient (Wildman–Crippen LogP) is 1.46. The van der Waals surface area contributed by atoms with Crippen molar-refractivity contribution in [1.29, 1.82) is 0 Å². The van der Waals surface area contributed by atoms with Crippen molar-refractivity contribution in [3.8, 4) is 0 Å². The first kappa shape index (κ1) is 14.8. The molecule has 2 rings (SSSR count). The Kier molecular flexibility index (Phi) is 4.85. The van der Waals surface area contributed by atoms with Crippen LogP contribution in [0.5, 0.6) is 0 Å². The summed E-state index contributed by atoms with van der Waals surface area (Å²) >= 11 is 0. The number of carbonyl (C=O) groups excluding carboxylic acids is 1. The Labute approximate surface area is 117 Å². The first-order chi connectivity index (χ1) is 9.05. The number of amides is 1. The SMILES string of the molecule is CC(NCC1(N(C)C)CCCC1)C(=O)N1CCCC1. The van der Waals surface area contributed by atoms with E-state index in [0.717, 1.165) is 19.6 Å². The molecule has 0 spiro atoms. The van der Waals surface area contributed by atoms with Gasteiger partial charge < -0.3 is 15.1 Å². The van der Waals surface area contributed by atoms with Crippen LogP contribution in [0.4, 0.5) is 0 Å². The van der Waals surface area contributed by atoms with Gasteiger partial charge >= 0.3 is 0 Å². The topological polar surface area (TPSA) is 35.6 Å². The highest BCUT2D eigenvalue weighted by Crippen LogP contribution is 2.33. The minimum Gasteiger partial charge on any atom is -0.341 e. The molecule has 19 heavy (non-hydrogen) atoms. The molecular weight excluding hydrogens is 238 g/mol. The normalized spacial score (nSPS) is 24.1. The Hall–Kier alpha value is -0.610. The van der Waals surface area contributed by atoms with Crippen LogP contribution in [-0.2, 0) is 4.79 Å². The van der Waals surface area contributed by atoms with Gasteiger partial charge in [-0.3, -0.25) is 4.79 Å². The minimum absolute atomic E-state index is 0.0458. The highest BCUT2D eigenvalue weighted by atomic mass is 16.2. The van der Waals surface area contributed by atoms with Gasteiger partial charge in [-0.1, -0.05) is 12.8 Å². The molecule has 2 fully saturated rings. The summed E-state index contributed by atoms with van der Waals surface area (Å²) in [5.74, 6) is 0.282. The van der Waals surface area contributed by atoms with Crippen molar-refractivity contribution in [3.05, 3.63) is 0 Å². The van der Waals surface area contributed by atoms with Gasteiger partial charge in [-0.25, -0.2) is 0 Å². The zero-order valence-electron chi connectivity index (χ0n) is 12.7. The van der Waals surface area contributed by atoms with Crippen molar-refractivity contribution in [2.45, 2.75) is 57.0 Å². The van der Waals surface area contributed by atoms with Crippen LogP contribution in [0.1, 0.15) is 45.4 Å². The number of nitrogens with one attached hydrogen (secondary N) is 1. The smallest absolute Gasteiger partial charge is 0.239 e. The lowest BCUT2D eigenvalue weighted by atomic mass is 9.95. The van der Waals surface area contributed by atoms with E-state index in [1.807, 2.05) is 11.8 Å². The standard InChI is InChI=1S/C15H29N3O/c1-13(14(19)18-10-6-7-11-18)16-12-15(17(2)3)8-4-5-9-15/h13,16H,4-12H2,1-3H3. The van der Waals surface area contributed by atoms with E-state index in [4.69, 9.17) is 0 Å². The second kappa shape index (κ2) is 6.23. The van der Waals surface area contributed by atoms with E-state index in [2.05, 4.69) is 24.3 Å². The Morgan fingerprint density at radius 2 is 1.79 bits per heavy atom. The van der Waals surface area contributed by atoms with Gasteiger partial charge in [0, 0.05) is 25.2 Å². The number of nitrogens with zero attached hydrogens (tertiary/aromatic N) is 2. The fourth-order valence-electron chi connectivity index (χ4n) is 3.46. The third-order valence-corrected chi connectivity index (χ3v) is 5.01. The molecule has 1 saturated heterocycles. The van der Waals surface area contributed by atoms with Gasteiger partial charge in [-0.15, -0.1) is 0 Å². The van der Waals surface area contributed by atoms with E-state index in [1.165, 1.54) is 38.5 Å². The average molecular weight is 267 g/mol. The van der Waals surface area contributed by atoms with Gasteiger partial charge in [0.05, 0.1) is 6.04 Å². The molecule has 4 nitrogen and oxygen atoms in total. The fraction of sp³-hybridized carbons (Fsp3) is 0.933. The summed E-state index contributed by atoms with van der Waals surface area (Å²) in [5, 5.41) is 3.49. The molecule has 1 N–H and O–H groups in total. The molecule has 0 radical (unpaired) electrons. The lowest BCUT2D eigenvalue weighted by Gasteiger charge is -2.37. The molecule has 1 saturated carbocycles. The molecule has 1 aliphatic heterocycles. The number of likely N-dealkylation sites (N-methyl/N-ethyl adjacent to an activating group) is 1. The second-order valence-corrected chi connectivity index (χ2v) is 6.46. The Morgan fingerprint density at radius 3 is 2.32 bits per heavy atom. The largest absolute Gasteiger partial charge is 0.341 e. The maximum Gasteiger partial charge on any atom is 0.239 e. The van der Waals surface area contributed by atoms with Crippen LogP contribution in [0.25, 0.3) is 0 Å². The van der Waals surface area contributed by atoms with E-state index in [1.54, 1.807) is 0 Å². The van der Waals surface area contributed by atoms with Crippen LogP contribution in [0, 0.1) is 0 Å². The minimum atomic E-state index is -0.0458. The molecule has 1 amide bonds. The monoisotopic (exact) mass is 267 g/mol. The average Bonchev–Trinajstić information content (AvgIpc) is 3.06. The summed E-state index contributed by atoms with van der Waals surface area (Å²) in [6.45, 7) is 4.84. The van der Waals surface area contributed by atoms with E-state index >= 15 is 0 Å². The number of hydrogen-bond acceptors (Lipinski definition) is 3. The van der Waals surface area contributed by atoms with Crippen molar-refractivity contribution in [2.24, 2.45) is 0 Å². The first-order valence-electron chi connectivity index (χ1n) is 7.75. The quantitative estimate of drug-likeness (QED) is 0.819. The van der Waals surface area contributed by atoms with Gasteiger partial charge in [-0.2, -0.15) is 0 Å². The van der Waals surface area contributed by atoms with Gasteiger partial charge in [0.2, 0.25) is 5.91 Å². The first-order valence-corrected chi connectivity index (χ1v) is 7.75. The van der Waals surface area contributed by atoms with Crippen molar-refractivity contribution in [3.63, 3.8) is 0 Å². The van der Waals surface area contributed by atoms with Gasteiger partial charge in [-0.05, 0) is 46.7 Å². The van der Waals surface area contributed by atoms with Gasteiger partial charge in [0.1, 0.15) is 0 Å². The van der Waals surface area contributed by atoms with Crippen LogP contribution in [0.2, 0.25) is 0 Å². The Bertz CT molecular complexity index is 305. The molecule has 1 unspecified atom stereocenters. The molecule has 4 heteroatoms. The molecule has 0 aromatic heterocycles. The number of hydrogen-bond donors (Lipinski definition) is 1. The van der Waals surface area contributed by atoms with Crippen LogP contribution in [-0.4, -0.2) is 61.0 Å². The van der Waals surface area contributed by atoms with Crippen molar-refractivity contribution in [2.75, 3.05) is 33.7 Å². The molecule has 0 bridgehead atoms. The molecule has 1 atom stereocenters.